The zero-order valence-corrected chi connectivity index (χ0v) is 6.95. The molecule has 0 fully saturated rings. The molecule has 0 amide bonds. The Bertz CT molecular complexity index is 183. The molecule has 0 aromatic rings. The number of carboxylic acids is 1. The van der Waals surface area contributed by atoms with E-state index in [-0.39, 0.29) is 0 Å². The summed E-state index contributed by atoms with van der Waals surface area (Å²) in [5, 5.41) is 8.16. The number of hydrogen-bond donors (Lipinski definition) is 1. The topological polar surface area (TPSA) is 63.6 Å². The number of hydrogen-bond acceptors (Lipinski definition) is 3. The first-order chi connectivity index (χ1) is 5.66. The van der Waals surface area contributed by atoms with Gasteiger partial charge in [0.2, 0.25) is 0 Å². The maximum Gasteiger partial charge on any atom is 0.321 e. The lowest BCUT2D eigenvalue weighted by atomic mass is 10.3. The summed E-state index contributed by atoms with van der Waals surface area (Å²) in [5.41, 5.74) is 0. The van der Waals surface area contributed by atoms with Gasteiger partial charge in [-0.2, -0.15) is 0 Å². The standard InChI is InChI=1S/C8H12O4/c1-2-3-4-5-12-8(11)6-7(9)10/h4-5H,2-3,6H2,1H3,(H,9,10). The van der Waals surface area contributed by atoms with Crippen molar-refractivity contribution in [3.05, 3.63) is 12.3 Å². The Kier molecular flexibility index (Phi) is 5.69. The summed E-state index contributed by atoms with van der Waals surface area (Å²) in [6.07, 6.45) is 4.11. The van der Waals surface area contributed by atoms with Crippen molar-refractivity contribution in [1.29, 1.82) is 0 Å². The molecule has 0 rings (SSSR count). The molecule has 0 radical (unpaired) electrons. The molecular weight excluding hydrogens is 160 g/mol. The Labute approximate surface area is 70.8 Å². The van der Waals surface area contributed by atoms with Gasteiger partial charge in [0.1, 0.15) is 6.42 Å². The molecule has 4 nitrogen and oxygen atoms in total. The molecule has 0 saturated heterocycles. The van der Waals surface area contributed by atoms with Crippen molar-refractivity contribution in [1.82, 2.24) is 0 Å². The molecule has 0 atom stereocenters. The quantitative estimate of drug-likeness (QED) is 0.386. The highest BCUT2D eigenvalue weighted by Gasteiger charge is 2.06. The van der Waals surface area contributed by atoms with Crippen LogP contribution in [0.5, 0.6) is 0 Å². The van der Waals surface area contributed by atoms with E-state index in [4.69, 9.17) is 5.11 Å². The molecule has 12 heavy (non-hydrogen) atoms. The van der Waals surface area contributed by atoms with E-state index in [1.165, 1.54) is 6.26 Å². The van der Waals surface area contributed by atoms with Gasteiger partial charge in [-0.25, -0.2) is 0 Å². The average molecular weight is 172 g/mol. The molecule has 0 heterocycles. The molecule has 0 bridgehead atoms. The molecule has 0 saturated carbocycles. The summed E-state index contributed by atoms with van der Waals surface area (Å²) in [6.45, 7) is 1.99. The minimum absolute atomic E-state index is 0.587. The first kappa shape index (κ1) is 10.7. The lowest BCUT2D eigenvalue weighted by molar-refractivity contribution is -0.147. The summed E-state index contributed by atoms with van der Waals surface area (Å²) >= 11 is 0. The fourth-order valence-electron chi connectivity index (χ4n) is 0.524. The molecule has 0 aromatic carbocycles. The van der Waals surface area contributed by atoms with Gasteiger partial charge in [-0.1, -0.05) is 13.3 Å². The number of allylic oxidation sites excluding steroid dienone is 1. The van der Waals surface area contributed by atoms with E-state index in [2.05, 4.69) is 4.74 Å². The van der Waals surface area contributed by atoms with Gasteiger partial charge in [0.05, 0.1) is 6.26 Å². The Morgan fingerprint density at radius 2 is 2.17 bits per heavy atom. The van der Waals surface area contributed by atoms with Crippen molar-refractivity contribution in [2.45, 2.75) is 26.2 Å². The van der Waals surface area contributed by atoms with Gasteiger partial charge in [-0.3, -0.25) is 9.59 Å². The van der Waals surface area contributed by atoms with Crippen molar-refractivity contribution in [3.8, 4) is 0 Å². The molecule has 4 heteroatoms. The molecule has 0 aliphatic carbocycles. The second-order valence-electron chi connectivity index (χ2n) is 2.22. The van der Waals surface area contributed by atoms with E-state index in [1.807, 2.05) is 6.92 Å². The van der Waals surface area contributed by atoms with Gasteiger partial charge < -0.3 is 9.84 Å². The average Bonchev–Trinajstić information content (AvgIpc) is 1.97. The number of carboxylic acid groups (broad SMARTS) is 1. The highest BCUT2D eigenvalue weighted by atomic mass is 16.5. The third kappa shape index (κ3) is 6.80. The van der Waals surface area contributed by atoms with E-state index in [1.54, 1.807) is 6.08 Å². The first-order valence-electron chi connectivity index (χ1n) is 3.73. The molecule has 0 unspecified atom stereocenters. The smallest absolute Gasteiger partial charge is 0.321 e. The van der Waals surface area contributed by atoms with Crippen LogP contribution in [-0.4, -0.2) is 17.0 Å². The molecular formula is C8H12O4. The number of unbranched alkanes of at least 4 members (excludes halogenated alkanes) is 1. The fraction of sp³-hybridized carbons (Fsp3) is 0.500. The van der Waals surface area contributed by atoms with Crippen molar-refractivity contribution in [2.75, 3.05) is 0 Å². The van der Waals surface area contributed by atoms with Crippen molar-refractivity contribution >= 4 is 11.9 Å². The van der Waals surface area contributed by atoms with Gasteiger partial charge in [-0.05, 0) is 12.5 Å². The number of carbonyl (C=O) groups excluding carboxylic acids is 1. The summed E-state index contributed by atoms with van der Waals surface area (Å²) < 4.78 is 4.45. The molecule has 1 N–H and O–H groups in total. The van der Waals surface area contributed by atoms with Crippen LogP contribution in [-0.2, 0) is 14.3 Å². The number of aliphatic carboxylic acids is 1. The second kappa shape index (κ2) is 6.39. The number of carbonyl (C=O) groups is 2. The van der Waals surface area contributed by atoms with Crippen molar-refractivity contribution in [2.24, 2.45) is 0 Å². The number of esters is 1. The highest BCUT2D eigenvalue weighted by Crippen LogP contribution is 1.91. The third-order valence-electron chi connectivity index (χ3n) is 1.05. The zero-order valence-electron chi connectivity index (χ0n) is 6.95. The lowest BCUT2D eigenvalue weighted by Gasteiger charge is -1.93. The van der Waals surface area contributed by atoms with Crippen LogP contribution < -0.4 is 0 Å². The minimum Gasteiger partial charge on any atom is -0.481 e. The minimum atomic E-state index is -1.18. The normalized spacial score (nSPS) is 10.1. The van der Waals surface area contributed by atoms with Gasteiger partial charge in [0, 0.05) is 0 Å². The second-order valence-corrected chi connectivity index (χ2v) is 2.22. The maximum absolute atomic E-state index is 10.6. The zero-order chi connectivity index (χ0) is 9.40. The van der Waals surface area contributed by atoms with Crippen LogP contribution in [0.15, 0.2) is 12.3 Å². The van der Waals surface area contributed by atoms with E-state index in [9.17, 15) is 9.59 Å². The Morgan fingerprint density at radius 1 is 1.50 bits per heavy atom. The Balaban J connectivity index is 3.50. The van der Waals surface area contributed by atoms with Crippen LogP contribution in [0.4, 0.5) is 0 Å². The van der Waals surface area contributed by atoms with E-state index in [0.29, 0.717) is 0 Å². The van der Waals surface area contributed by atoms with Crippen LogP contribution in [0.2, 0.25) is 0 Å². The van der Waals surface area contributed by atoms with Gasteiger partial charge >= 0.3 is 11.9 Å². The molecule has 0 aliphatic heterocycles. The van der Waals surface area contributed by atoms with E-state index in [0.717, 1.165) is 12.8 Å². The number of rotatable bonds is 5. The monoisotopic (exact) mass is 172 g/mol. The molecule has 0 spiro atoms. The maximum atomic E-state index is 10.6. The lowest BCUT2D eigenvalue weighted by Crippen LogP contribution is -2.07. The third-order valence-corrected chi connectivity index (χ3v) is 1.05. The van der Waals surface area contributed by atoms with Crippen molar-refractivity contribution in [3.63, 3.8) is 0 Å². The van der Waals surface area contributed by atoms with E-state index < -0.39 is 18.4 Å². The van der Waals surface area contributed by atoms with Gasteiger partial charge in [0.15, 0.2) is 0 Å². The largest absolute Gasteiger partial charge is 0.481 e. The van der Waals surface area contributed by atoms with E-state index >= 15 is 0 Å². The summed E-state index contributed by atoms with van der Waals surface area (Å²) in [4.78, 5) is 20.5. The van der Waals surface area contributed by atoms with Crippen LogP contribution in [0.25, 0.3) is 0 Å². The number of ether oxygens (including phenoxy) is 1. The highest BCUT2D eigenvalue weighted by molar-refractivity contribution is 5.90. The van der Waals surface area contributed by atoms with Gasteiger partial charge in [0.25, 0.3) is 0 Å². The van der Waals surface area contributed by atoms with Crippen LogP contribution in [0, 0.1) is 0 Å². The molecule has 0 aromatic heterocycles. The SMILES string of the molecule is CCCC=COC(=O)CC(=O)O. The van der Waals surface area contributed by atoms with Gasteiger partial charge in [-0.15, -0.1) is 0 Å². The Morgan fingerprint density at radius 3 is 2.67 bits per heavy atom. The Hall–Kier alpha value is -1.32. The summed E-state index contributed by atoms with van der Waals surface area (Å²) in [5.74, 6) is -1.92. The van der Waals surface area contributed by atoms with Crippen molar-refractivity contribution < 1.29 is 19.4 Å². The summed E-state index contributed by atoms with van der Waals surface area (Å²) in [7, 11) is 0. The molecule has 0 aliphatic rings. The fourth-order valence-corrected chi connectivity index (χ4v) is 0.524. The predicted octanol–water partition coefficient (Wildman–Crippen LogP) is 1.32. The molecule has 68 valence electrons. The summed E-state index contributed by atoms with van der Waals surface area (Å²) in [6, 6.07) is 0. The van der Waals surface area contributed by atoms with Crippen LogP contribution in [0.1, 0.15) is 26.2 Å². The van der Waals surface area contributed by atoms with Crippen LogP contribution >= 0.6 is 0 Å². The predicted molar refractivity (Wildman–Crippen MR) is 42.4 cm³/mol. The first-order valence-corrected chi connectivity index (χ1v) is 3.73. The van der Waals surface area contributed by atoms with Crippen LogP contribution in [0.3, 0.4) is 0 Å².